The van der Waals surface area contributed by atoms with Gasteiger partial charge in [-0.1, -0.05) is 26.2 Å². The Morgan fingerprint density at radius 3 is 2.75 bits per heavy atom. The van der Waals surface area contributed by atoms with Gasteiger partial charge in [0.05, 0.1) is 18.8 Å². The standard InChI is InChI=1S/C10H20O2/c1-2-9(11)6-4-3-5-7-10-8-12-10/h9-11H,2-8H2,1H3. The van der Waals surface area contributed by atoms with E-state index in [2.05, 4.69) is 0 Å². The van der Waals surface area contributed by atoms with Gasteiger partial charge in [-0.2, -0.15) is 0 Å². The highest BCUT2D eigenvalue weighted by molar-refractivity contribution is 4.68. The number of aliphatic hydroxyl groups excluding tert-OH is 1. The molecule has 1 saturated heterocycles. The third-order valence-electron chi connectivity index (χ3n) is 2.44. The first kappa shape index (κ1) is 10.0. The highest BCUT2D eigenvalue weighted by Gasteiger charge is 2.20. The smallest absolute Gasteiger partial charge is 0.0810 e. The molecule has 1 heterocycles. The molecule has 0 aromatic carbocycles. The zero-order chi connectivity index (χ0) is 8.81. The monoisotopic (exact) mass is 172 g/mol. The van der Waals surface area contributed by atoms with Gasteiger partial charge in [-0.05, 0) is 19.3 Å². The van der Waals surface area contributed by atoms with E-state index in [1.54, 1.807) is 0 Å². The van der Waals surface area contributed by atoms with Gasteiger partial charge in [-0.3, -0.25) is 0 Å². The van der Waals surface area contributed by atoms with Crippen molar-refractivity contribution >= 4 is 0 Å². The van der Waals surface area contributed by atoms with Crippen molar-refractivity contribution < 1.29 is 9.84 Å². The van der Waals surface area contributed by atoms with E-state index in [9.17, 15) is 5.11 Å². The first-order valence-corrected chi connectivity index (χ1v) is 5.12. The minimum absolute atomic E-state index is 0.0674. The number of hydrogen-bond acceptors (Lipinski definition) is 2. The summed E-state index contributed by atoms with van der Waals surface area (Å²) in [4.78, 5) is 0. The first-order chi connectivity index (χ1) is 5.83. The van der Waals surface area contributed by atoms with Crippen LogP contribution in [0.5, 0.6) is 0 Å². The fourth-order valence-corrected chi connectivity index (χ4v) is 1.37. The van der Waals surface area contributed by atoms with Crippen molar-refractivity contribution in [2.75, 3.05) is 6.61 Å². The van der Waals surface area contributed by atoms with Crippen LogP contribution in [-0.4, -0.2) is 23.9 Å². The molecule has 12 heavy (non-hydrogen) atoms. The van der Waals surface area contributed by atoms with Gasteiger partial charge < -0.3 is 9.84 Å². The van der Waals surface area contributed by atoms with Crippen LogP contribution < -0.4 is 0 Å². The molecule has 2 heteroatoms. The molecular formula is C10H20O2. The lowest BCUT2D eigenvalue weighted by Crippen LogP contribution is -2.03. The molecule has 1 aliphatic heterocycles. The van der Waals surface area contributed by atoms with E-state index < -0.39 is 0 Å². The van der Waals surface area contributed by atoms with Crippen LogP contribution in [0, 0.1) is 0 Å². The molecular weight excluding hydrogens is 152 g/mol. The molecule has 1 N–H and O–H groups in total. The Hall–Kier alpha value is -0.0800. The Bertz CT molecular complexity index is 110. The molecule has 0 aromatic heterocycles. The Morgan fingerprint density at radius 1 is 1.42 bits per heavy atom. The second-order valence-corrected chi connectivity index (χ2v) is 3.66. The van der Waals surface area contributed by atoms with E-state index in [-0.39, 0.29) is 6.10 Å². The van der Waals surface area contributed by atoms with Gasteiger partial charge >= 0.3 is 0 Å². The normalized spacial score (nSPS) is 24.0. The summed E-state index contributed by atoms with van der Waals surface area (Å²) in [7, 11) is 0. The quantitative estimate of drug-likeness (QED) is 0.471. The van der Waals surface area contributed by atoms with Crippen LogP contribution >= 0.6 is 0 Å². The van der Waals surface area contributed by atoms with Crippen molar-refractivity contribution in [1.82, 2.24) is 0 Å². The van der Waals surface area contributed by atoms with Crippen LogP contribution in [0.2, 0.25) is 0 Å². The van der Waals surface area contributed by atoms with Gasteiger partial charge in [0, 0.05) is 0 Å². The molecule has 1 fully saturated rings. The number of unbranched alkanes of at least 4 members (excludes halogenated alkanes) is 2. The molecule has 0 amide bonds. The maximum Gasteiger partial charge on any atom is 0.0810 e. The number of aliphatic hydroxyl groups is 1. The summed E-state index contributed by atoms with van der Waals surface area (Å²) in [6.45, 7) is 3.01. The molecule has 0 radical (unpaired) electrons. The van der Waals surface area contributed by atoms with Crippen LogP contribution in [0.4, 0.5) is 0 Å². The van der Waals surface area contributed by atoms with Gasteiger partial charge in [0.2, 0.25) is 0 Å². The van der Waals surface area contributed by atoms with Gasteiger partial charge in [-0.25, -0.2) is 0 Å². The van der Waals surface area contributed by atoms with E-state index in [0.29, 0.717) is 6.10 Å². The molecule has 0 saturated carbocycles. The predicted octanol–water partition coefficient (Wildman–Crippen LogP) is 2.11. The van der Waals surface area contributed by atoms with Crippen molar-refractivity contribution in [2.24, 2.45) is 0 Å². The summed E-state index contributed by atoms with van der Waals surface area (Å²) in [6.07, 6.45) is 7.29. The second kappa shape index (κ2) is 5.55. The molecule has 2 atom stereocenters. The highest BCUT2D eigenvalue weighted by atomic mass is 16.6. The zero-order valence-corrected chi connectivity index (χ0v) is 7.96. The Morgan fingerprint density at radius 2 is 2.17 bits per heavy atom. The zero-order valence-electron chi connectivity index (χ0n) is 7.96. The van der Waals surface area contributed by atoms with Crippen molar-refractivity contribution in [3.63, 3.8) is 0 Å². The van der Waals surface area contributed by atoms with Crippen LogP contribution in [0.1, 0.15) is 45.4 Å². The van der Waals surface area contributed by atoms with E-state index in [0.717, 1.165) is 19.4 Å². The van der Waals surface area contributed by atoms with E-state index in [4.69, 9.17) is 4.74 Å². The lowest BCUT2D eigenvalue weighted by atomic mass is 10.1. The molecule has 0 aliphatic carbocycles. The molecule has 2 unspecified atom stereocenters. The summed E-state index contributed by atoms with van der Waals surface area (Å²) >= 11 is 0. The molecule has 2 nitrogen and oxygen atoms in total. The van der Waals surface area contributed by atoms with Gasteiger partial charge in [0.25, 0.3) is 0 Å². The molecule has 1 rings (SSSR count). The minimum Gasteiger partial charge on any atom is -0.393 e. The number of ether oxygens (including phenoxy) is 1. The third kappa shape index (κ3) is 4.73. The molecule has 0 bridgehead atoms. The molecule has 0 spiro atoms. The lowest BCUT2D eigenvalue weighted by molar-refractivity contribution is 0.156. The molecule has 72 valence electrons. The van der Waals surface area contributed by atoms with Crippen LogP contribution in [0.15, 0.2) is 0 Å². The first-order valence-electron chi connectivity index (χ1n) is 5.12. The lowest BCUT2D eigenvalue weighted by Gasteiger charge is -2.05. The van der Waals surface area contributed by atoms with E-state index >= 15 is 0 Å². The van der Waals surface area contributed by atoms with Gasteiger partial charge in [-0.15, -0.1) is 0 Å². The number of rotatable bonds is 7. The van der Waals surface area contributed by atoms with Crippen LogP contribution in [0.25, 0.3) is 0 Å². The summed E-state index contributed by atoms with van der Waals surface area (Å²) in [5.41, 5.74) is 0. The summed E-state index contributed by atoms with van der Waals surface area (Å²) in [6, 6.07) is 0. The SMILES string of the molecule is CCC(O)CCCCCC1CO1. The number of hydrogen-bond donors (Lipinski definition) is 1. The van der Waals surface area contributed by atoms with Crippen molar-refractivity contribution in [3.05, 3.63) is 0 Å². The van der Waals surface area contributed by atoms with Crippen molar-refractivity contribution in [2.45, 2.75) is 57.7 Å². The van der Waals surface area contributed by atoms with Crippen molar-refractivity contribution in [1.29, 1.82) is 0 Å². The van der Waals surface area contributed by atoms with Gasteiger partial charge in [0.1, 0.15) is 0 Å². The molecule has 0 aromatic rings. The number of epoxide rings is 1. The Kier molecular flexibility index (Phi) is 4.62. The average Bonchev–Trinajstić information content (AvgIpc) is 2.87. The largest absolute Gasteiger partial charge is 0.393 e. The Balaban J connectivity index is 1.75. The Labute approximate surface area is 74.9 Å². The second-order valence-electron chi connectivity index (χ2n) is 3.66. The van der Waals surface area contributed by atoms with Crippen LogP contribution in [0.3, 0.4) is 0 Å². The topological polar surface area (TPSA) is 32.8 Å². The maximum absolute atomic E-state index is 9.25. The minimum atomic E-state index is -0.0674. The molecule has 1 aliphatic rings. The fraction of sp³-hybridized carbons (Fsp3) is 1.00. The fourth-order valence-electron chi connectivity index (χ4n) is 1.37. The average molecular weight is 172 g/mol. The van der Waals surface area contributed by atoms with E-state index in [1.165, 1.54) is 25.7 Å². The van der Waals surface area contributed by atoms with Crippen LogP contribution in [-0.2, 0) is 4.74 Å². The summed E-state index contributed by atoms with van der Waals surface area (Å²) < 4.78 is 5.11. The predicted molar refractivity (Wildman–Crippen MR) is 49.1 cm³/mol. The maximum atomic E-state index is 9.25. The highest BCUT2D eigenvalue weighted by Crippen LogP contribution is 2.17. The summed E-state index contributed by atoms with van der Waals surface area (Å²) in [5, 5.41) is 9.25. The summed E-state index contributed by atoms with van der Waals surface area (Å²) in [5.74, 6) is 0. The van der Waals surface area contributed by atoms with E-state index in [1.807, 2.05) is 6.92 Å². The van der Waals surface area contributed by atoms with Crippen molar-refractivity contribution in [3.8, 4) is 0 Å². The third-order valence-corrected chi connectivity index (χ3v) is 2.44. The van der Waals surface area contributed by atoms with Gasteiger partial charge in [0.15, 0.2) is 0 Å².